The van der Waals surface area contributed by atoms with Gasteiger partial charge in [-0.05, 0) is 17.5 Å². The van der Waals surface area contributed by atoms with E-state index in [1.54, 1.807) is 12.3 Å². The van der Waals surface area contributed by atoms with E-state index < -0.39 is 5.97 Å². The maximum atomic E-state index is 11.0. The van der Waals surface area contributed by atoms with Crippen molar-refractivity contribution in [3.63, 3.8) is 0 Å². The van der Waals surface area contributed by atoms with Gasteiger partial charge in [-0.25, -0.2) is 9.78 Å². The normalized spacial score (nSPS) is 10.3. The molecule has 0 aliphatic carbocycles. The molecule has 0 saturated heterocycles. The minimum absolute atomic E-state index is 0.137. The molecule has 0 saturated carbocycles. The van der Waals surface area contributed by atoms with Crippen LogP contribution in [-0.4, -0.2) is 23.2 Å². The van der Waals surface area contributed by atoms with Gasteiger partial charge in [-0.1, -0.05) is 13.8 Å². The van der Waals surface area contributed by atoms with Gasteiger partial charge >= 0.3 is 5.97 Å². The van der Waals surface area contributed by atoms with Crippen molar-refractivity contribution in [1.29, 1.82) is 0 Å². The Morgan fingerprint density at radius 1 is 1.57 bits per heavy atom. The van der Waals surface area contributed by atoms with Crippen LogP contribution in [0.1, 0.15) is 35.7 Å². The Labute approximate surface area is 82.5 Å². The predicted molar refractivity (Wildman–Crippen MR) is 51.8 cm³/mol. The summed E-state index contributed by atoms with van der Waals surface area (Å²) in [5.74, 6) is -0.694. The van der Waals surface area contributed by atoms with Crippen molar-refractivity contribution in [2.24, 2.45) is 0 Å². The van der Waals surface area contributed by atoms with Crippen molar-refractivity contribution in [2.45, 2.75) is 19.8 Å². The van der Waals surface area contributed by atoms with Gasteiger partial charge in [0.15, 0.2) is 0 Å². The summed E-state index contributed by atoms with van der Waals surface area (Å²) in [6.07, 6.45) is 1.56. The summed E-state index contributed by atoms with van der Waals surface area (Å²) in [5, 5.41) is 9.01. The van der Waals surface area contributed by atoms with Crippen molar-refractivity contribution >= 4 is 5.97 Å². The third-order valence-corrected chi connectivity index (χ3v) is 1.98. The molecule has 4 heteroatoms. The molecule has 14 heavy (non-hydrogen) atoms. The van der Waals surface area contributed by atoms with E-state index in [4.69, 9.17) is 9.84 Å². The Kier molecular flexibility index (Phi) is 3.06. The van der Waals surface area contributed by atoms with Crippen molar-refractivity contribution in [3.05, 3.63) is 23.4 Å². The number of aromatic carboxylic acids is 1. The Balaban J connectivity index is 3.35. The number of aromatic nitrogens is 1. The zero-order chi connectivity index (χ0) is 10.7. The molecule has 1 aromatic rings. The molecule has 0 aliphatic rings. The number of ether oxygens (including phenoxy) is 1. The lowest BCUT2D eigenvalue weighted by Crippen LogP contribution is -2.07. The maximum absolute atomic E-state index is 11.0. The zero-order valence-electron chi connectivity index (χ0n) is 8.44. The average molecular weight is 195 g/mol. The van der Waals surface area contributed by atoms with Gasteiger partial charge in [0.05, 0.1) is 7.11 Å². The van der Waals surface area contributed by atoms with Gasteiger partial charge in [-0.2, -0.15) is 0 Å². The van der Waals surface area contributed by atoms with Crippen LogP contribution in [0.4, 0.5) is 0 Å². The molecule has 0 spiro atoms. The van der Waals surface area contributed by atoms with Crippen LogP contribution in [0.2, 0.25) is 0 Å². The molecule has 0 aromatic carbocycles. The summed E-state index contributed by atoms with van der Waals surface area (Å²) in [6.45, 7) is 3.86. The van der Waals surface area contributed by atoms with Crippen LogP contribution in [0.5, 0.6) is 5.88 Å². The lowest BCUT2D eigenvalue weighted by molar-refractivity contribution is 0.0690. The number of rotatable bonds is 3. The summed E-state index contributed by atoms with van der Waals surface area (Å²) in [7, 11) is 1.42. The van der Waals surface area contributed by atoms with Crippen LogP contribution >= 0.6 is 0 Å². The van der Waals surface area contributed by atoms with E-state index in [0.717, 1.165) is 5.56 Å². The zero-order valence-corrected chi connectivity index (χ0v) is 8.44. The number of pyridine rings is 1. The van der Waals surface area contributed by atoms with Crippen molar-refractivity contribution in [2.75, 3.05) is 7.11 Å². The lowest BCUT2D eigenvalue weighted by Gasteiger charge is -2.11. The van der Waals surface area contributed by atoms with E-state index in [1.807, 2.05) is 13.8 Å². The second-order valence-corrected chi connectivity index (χ2v) is 3.24. The molecule has 0 aliphatic heterocycles. The molecule has 4 nitrogen and oxygen atoms in total. The van der Waals surface area contributed by atoms with E-state index in [0.29, 0.717) is 0 Å². The fraction of sp³-hybridized carbons (Fsp3) is 0.400. The standard InChI is InChI=1S/C10H13NO3/c1-6(2)7-4-5-11-9(14-3)8(7)10(12)13/h4-6H,1-3H3,(H,12,13). The molecular formula is C10H13NO3. The number of carbonyl (C=O) groups is 1. The highest BCUT2D eigenvalue weighted by Crippen LogP contribution is 2.25. The first-order valence-corrected chi connectivity index (χ1v) is 4.34. The average Bonchev–Trinajstić information content (AvgIpc) is 2.16. The summed E-state index contributed by atoms with van der Waals surface area (Å²) in [6, 6.07) is 1.70. The Hall–Kier alpha value is -1.58. The maximum Gasteiger partial charge on any atom is 0.341 e. The Bertz CT molecular complexity index is 347. The van der Waals surface area contributed by atoms with E-state index >= 15 is 0 Å². The highest BCUT2D eigenvalue weighted by molar-refractivity contribution is 5.92. The van der Waals surface area contributed by atoms with Gasteiger partial charge in [0.2, 0.25) is 5.88 Å². The van der Waals surface area contributed by atoms with Crippen LogP contribution < -0.4 is 4.74 Å². The molecule has 1 heterocycles. The van der Waals surface area contributed by atoms with Gasteiger partial charge in [0, 0.05) is 6.20 Å². The van der Waals surface area contributed by atoms with Crippen LogP contribution in [0.3, 0.4) is 0 Å². The Morgan fingerprint density at radius 3 is 2.64 bits per heavy atom. The van der Waals surface area contributed by atoms with Crippen molar-refractivity contribution in [3.8, 4) is 5.88 Å². The second-order valence-electron chi connectivity index (χ2n) is 3.24. The van der Waals surface area contributed by atoms with E-state index in [9.17, 15) is 4.79 Å². The summed E-state index contributed by atoms with van der Waals surface area (Å²) >= 11 is 0. The summed E-state index contributed by atoms with van der Waals surface area (Å²) in [4.78, 5) is 14.8. The molecule has 0 fully saturated rings. The Morgan fingerprint density at radius 2 is 2.21 bits per heavy atom. The van der Waals surface area contributed by atoms with E-state index in [-0.39, 0.29) is 17.4 Å². The minimum Gasteiger partial charge on any atom is -0.480 e. The number of carboxylic acid groups (broad SMARTS) is 1. The van der Waals surface area contributed by atoms with Crippen LogP contribution in [0, 0.1) is 0 Å². The monoisotopic (exact) mass is 195 g/mol. The SMILES string of the molecule is COc1nccc(C(C)C)c1C(=O)O. The van der Waals surface area contributed by atoms with E-state index in [1.165, 1.54) is 7.11 Å². The van der Waals surface area contributed by atoms with Crippen LogP contribution in [-0.2, 0) is 0 Å². The summed E-state index contributed by atoms with van der Waals surface area (Å²) < 4.78 is 4.91. The number of nitrogens with zero attached hydrogens (tertiary/aromatic N) is 1. The predicted octanol–water partition coefficient (Wildman–Crippen LogP) is 1.91. The first-order chi connectivity index (χ1) is 6.57. The molecule has 1 N–H and O–H groups in total. The number of carboxylic acids is 1. The largest absolute Gasteiger partial charge is 0.480 e. The highest BCUT2D eigenvalue weighted by atomic mass is 16.5. The molecule has 1 aromatic heterocycles. The minimum atomic E-state index is -1.00. The first-order valence-electron chi connectivity index (χ1n) is 4.34. The first kappa shape index (κ1) is 10.5. The molecule has 0 atom stereocenters. The number of hydrogen-bond acceptors (Lipinski definition) is 3. The number of hydrogen-bond donors (Lipinski definition) is 1. The molecule has 0 radical (unpaired) electrons. The van der Waals surface area contributed by atoms with Crippen molar-refractivity contribution in [1.82, 2.24) is 4.98 Å². The third kappa shape index (κ3) is 1.84. The van der Waals surface area contributed by atoms with Gasteiger partial charge < -0.3 is 9.84 Å². The molecular weight excluding hydrogens is 182 g/mol. The van der Waals surface area contributed by atoms with E-state index in [2.05, 4.69) is 4.98 Å². The fourth-order valence-electron chi connectivity index (χ4n) is 1.31. The van der Waals surface area contributed by atoms with Gasteiger partial charge in [-0.3, -0.25) is 0 Å². The lowest BCUT2D eigenvalue weighted by atomic mass is 9.99. The highest BCUT2D eigenvalue weighted by Gasteiger charge is 2.18. The number of methoxy groups -OCH3 is 1. The fourth-order valence-corrected chi connectivity index (χ4v) is 1.31. The third-order valence-electron chi connectivity index (χ3n) is 1.98. The quantitative estimate of drug-likeness (QED) is 0.800. The van der Waals surface area contributed by atoms with Gasteiger partial charge in [0.1, 0.15) is 5.56 Å². The molecule has 76 valence electrons. The smallest absolute Gasteiger partial charge is 0.341 e. The topological polar surface area (TPSA) is 59.4 Å². The molecule has 0 bridgehead atoms. The molecule has 1 rings (SSSR count). The van der Waals surface area contributed by atoms with Crippen LogP contribution in [0.25, 0.3) is 0 Å². The van der Waals surface area contributed by atoms with Gasteiger partial charge in [-0.15, -0.1) is 0 Å². The second kappa shape index (κ2) is 4.09. The van der Waals surface area contributed by atoms with Crippen LogP contribution in [0.15, 0.2) is 12.3 Å². The molecule has 0 amide bonds. The molecule has 0 unspecified atom stereocenters. The van der Waals surface area contributed by atoms with Gasteiger partial charge in [0.25, 0.3) is 0 Å². The van der Waals surface area contributed by atoms with Crippen molar-refractivity contribution < 1.29 is 14.6 Å². The summed E-state index contributed by atoms with van der Waals surface area (Å²) in [5.41, 5.74) is 0.898.